The number of halogens is 1. The minimum atomic E-state index is 0.821. The zero-order valence-corrected chi connectivity index (χ0v) is 7.61. The van der Waals surface area contributed by atoms with Crippen molar-refractivity contribution in [2.24, 2.45) is 0 Å². The van der Waals surface area contributed by atoms with Crippen LogP contribution in [0.5, 0.6) is 0 Å². The molecule has 0 N–H and O–H groups in total. The van der Waals surface area contributed by atoms with E-state index in [0.29, 0.717) is 0 Å². The van der Waals surface area contributed by atoms with E-state index < -0.39 is 0 Å². The van der Waals surface area contributed by atoms with Gasteiger partial charge in [-0.05, 0) is 12.1 Å². The predicted molar refractivity (Wildman–Crippen MR) is 47.4 cm³/mol. The predicted octanol–water partition coefficient (Wildman–Crippen LogP) is 2.50. The van der Waals surface area contributed by atoms with Crippen LogP contribution in [0.3, 0.4) is 0 Å². The molecule has 0 aliphatic rings. The first-order valence-corrected chi connectivity index (χ1v) is 4.81. The highest BCUT2D eigenvalue weighted by molar-refractivity contribution is 14.1. The summed E-state index contributed by atoms with van der Waals surface area (Å²) in [4.78, 5) is 12.2. The van der Waals surface area contributed by atoms with Gasteiger partial charge in [0.1, 0.15) is 0 Å². The van der Waals surface area contributed by atoms with E-state index in [2.05, 4.69) is 22.6 Å². The molecule has 1 nitrogen and oxygen atoms in total. The average molecular weight is 252 g/mol. The fourth-order valence-corrected chi connectivity index (χ4v) is 1.93. The third-order valence-electron chi connectivity index (χ3n) is 0.930. The van der Waals surface area contributed by atoms with Crippen molar-refractivity contribution in [2.75, 3.05) is 0 Å². The van der Waals surface area contributed by atoms with Crippen LogP contribution in [-0.4, -0.2) is 6.29 Å². The van der Waals surface area contributed by atoms with Crippen LogP contribution in [0.2, 0.25) is 0 Å². The Hall–Kier alpha value is 0.1000. The summed E-state index contributed by atoms with van der Waals surface area (Å²) in [6, 6.07) is 3.84. The van der Waals surface area contributed by atoms with Gasteiger partial charge in [-0.1, -0.05) is 22.6 Å². The number of aldehydes is 1. The van der Waals surface area contributed by atoms with Crippen molar-refractivity contribution in [1.29, 1.82) is 0 Å². The maximum atomic E-state index is 10.1. The summed E-state index contributed by atoms with van der Waals surface area (Å²) in [6.07, 6.45) is 0.889. The van der Waals surface area contributed by atoms with Crippen molar-refractivity contribution in [1.82, 2.24) is 0 Å². The van der Waals surface area contributed by atoms with Crippen LogP contribution in [0.1, 0.15) is 14.5 Å². The van der Waals surface area contributed by atoms with Crippen LogP contribution in [0.4, 0.5) is 0 Å². The molecule has 0 aromatic carbocycles. The van der Waals surface area contributed by atoms with E-state index in [4.69, 9.17) is 0 Å². The molecule has 1 heterocycles. The van der Waals surface area contributed by atoms with Gasteiger partial charge in [0, 0.05) is 9.30 Å². The summed E-state index contributed by atoms with van der Waals surface area (Å²) in [6.45, 7) is 0. The van der Waals surface area contributed by atoms with E-state index in [0.717, 1.165) is 15.6 Å². The van der Waals surface area contributed by atoms with Gasteiger partial charge in [-0.2, -0.15) is 0 Å². The zero-order valence-electron chi connectivity index (χ0n) is 4.63. The summed E-state index contributed by atoms with van der Waals surface area (Å²) in [5.41, 5.74) is 0. The van der Waals surface area contributed by atoms with Crippen molar-refractivity contribution in [2.45, 2.75) is 4.43 Å². The lowest BCUT2D eigenvalue weighted by atomic mass is 10.5. The van der Waals surface area contributed by atoms with Crippen molar-refractivity contribution < 1.29 is 4.79 Å². The maximum absolute atomic E-state index is 10.1. The molecule has 0 aliphatic carbocycles. The monoisotopic (exact) mass is 252 g/mol. The molecule has 9 heavy (non-hydrogen) atoms. The number of carbonyl (C=O) groups is 1. The molecule has 0 fully saturated rings. The van der Waals surface area contributed by atoms with Gasteiger partial charge in [0.2, 0.25) is 0 Å². The molecule has 0 bridgehead atoms. The first kappa shape index (κ1) is 7.21. The largest absolute Gasteiger partial charge is 0.297 e. The summed E-state index contributed by atoms with van der Waals surface area (Å²) < 4.78 is 0.996. The van der Waals surface area contributed by atoms with E-state index in [9.17, 15) is 4.79 Å². The molecule has 0 amide bonds. The molecule has 0 spiro atoms. The Morgan fingerprint density at radius 1 is 1.67 bits per heavy atom. The Morgan fingerprint density at radius 3 is 2.78 bits per heavy atom. The van der Waals surface area contributed by atoms with E-state index in [1.165, 1.54) is 4.88 Å². The zero-order chi connectivity index (χ0) is 6.69. The molecular formula is C6H5IOS. The summed E-state index contributed by atoms with van der Waals surface area (Å²) in [7, 11) is 0. The number of rotatable bonds is 2. The third-order valence-corrected chi connectivity index (χ3v) is 3.28. The van der Waals surface area contributed by atoms with Gasteiger partial charge in [-0.3, -0.25) is 4.79 Å². The highest BCUT2D eigenvalue weighted by atomic mass is 127. The summed E-state index contributed by atoms with van der Waals surface area (Å²) in [5, 5.41) is 0. The molecule has 1 rings (SSSR count). The minimum absolute atomic E-state index is 0.821. The van der Waals surface area contributed by atoms with E-state index in [1.807, 2.05) is 12.1 Å². The highest BCUT2D eigenvalue weighted by Crippen LogP contribution is 2.16. The number of hydrogen-bond donors (Lipinski definition) is 0. The van der Waals surface area contributed by atoms with Crippen LogP contribution in [0.25, 0.3) is 0 Å². The summed E-state index contributed by atoms with van der Waals surface area (Å²) >= 11 is 3.83. The second-order valence-electron chi connectivity index (χ2n) is 1.56. The van der Waals surface area contributed by atoms with Gasteiger partial charge >= 0.3 is 0 Å². The van der Waals surface area contributed by atoms with E-state index in [-0.39, 0.29) is 0 Å². The third kappa shape index (κ3) is 1.76. The lowest BCUT2D eigenvalue weighted by molar-refractivity contribution is 0.112. The molecule has 1 aromatic heterocycles. The van der Waals surface area contributed by atoms with Crippen LogP contribution < -0.4 is 0 Å². The molecule has 0 atom stereocenters. The Bertz CT molecular complexity index is 207. The van der Waals surface area contributed by atoms with Gasteiger partial charge in [0.15, 0.2) is 6.29 Å². The number of thiophene rings is 1. The van der Waals surface area contributed by atoms with Crippen LogP contribution in [0, 0.1) is 0 Å². The average Bonchev–Trinajstić information content (AvgIpc) is 2.34. The highest BCUT2D eigenvalue weighted by Gasteiger charge is 1.94. The van der Waals surface area contributed by atoms with Gasteiger partial charge < -0.3 is 0 Å². The van der Waals surface area contributed by atoms with Gasteiger partial charge in [0.25, 0.3) is 0 Å². The molecule has 0 radical (unpaired) electrons. The number of carbonyl (C=O) groups excluding carboxylic acids is 1. The van der Waals surface area contributed by atoms with Crippen LogP contribution in [0.15, 0.2) is 12.1 Å². The van der Waals surface area contributed by atoms with Crippen molar-refractivity contribution in [3.63, 3.8) is 0 Å². The van der Waals surface area contributed by atoms with Crippen molar-refractivity contribution >= 4 is 40.2 Å². The maximum Gasteiger partial charge on any atom is 0.160 e. The second-order valence-corrected chi connectivity index (χ2v) is 3.52. The van der Waals surface area contributed by atoms with Gasteiger partial charge in [0.05, 0.1) is 4.88 Å². The quantitative estimate of drug-likeness (QED) is 0.449. The normalized spacial score (nSPS) is 9.44. The van der Waals surface area contributed by atoms with E-state index in [1.54, 1.807) is 11.3 Å². The Kier molecular flexibility index (Phi) is 2.65. The first-order chi connectivity index (χ1) is 4.36. The smallest absolute Gasteiger partial charge is 0.160 e. The Labute approximate surface area is 71.2 Å². The van der Waals surface area contributed by atoms with Crippen molar-refractivity contribution in [3.8, 4) is 0 Å². The topological polar surface area (TPSA) is 17.1 Å². The van der Waals surface area contributed by atoms with Gasteiger partial charge in [-0.15, -0.1) is 11.3 Å². The molecule has 0 saturated carbocycles. The molecule has 0 aliphatic heterocycles. The number of hydrogen-bond acceptors (Lipinski definition) is 2. The van der Waals surface area contributed by atoms with E-state index >= 15 is 0 Å². The first-order valence-electron chi connectivity index (χ1n) is 2.46. The lowest BCUT2D eigenvalue weighted by Crippen LogP contribution is -1.62. The second kappa shape index (κ2) is 3.31. The summed E-state index contributed by atoms with van der Waals surface area (Å²) in [5.74, 6) is 0. The van der Waals surface area contributed by atoms with Crippen LogP contribution in [-0.2, 0) is 4.43 Å². The Balaban J connectivity index is 2.86. The Morgan fingerprint density at radius 2 is 2.44 bits per heavy atom. The fourth-order valence-electron chi connectivity index (χ4n) is 0.530. The van der Waals surface area contributed by atoms with Gasteiger partial charge in [-0.25, -0.2) is 0 Å². The van der Waals surface area contributed by atoms with Crippen LogP contribution >= 0.6 is 33.9 Å². The lowest BCUT2D eigenvalue weighted by Gasteiger charge is -1.78. The molecule has 48 valence electrons. The molecule has 3 heteroatoms. The minimum Gasteiger partial charge on any atom is -0.297 e. The molecular weight excluding hydrogens is 247 g/mol. The van der Waals surface area contributed by atoms with Crippen molar-refractivity contribution in [3.05, 3.63) is 21.9 Å². The molecule has 1 aromatic rings. The molecule has 0 saturated heterocycles. The fraction of sp³-hybridized carbons (Fsp3) is 0.167. The molecule has 0 unspecified atom stereocenters. The SMILES string of the molecule is O=Cc1ccc(CI)s1. The number of alkyl halides is 1. The standard InChI is InChI=1S/C6H5IOS/c7-3-5-1-2-6(4-8)9-5/h1-2,4H,3H2.